The SMILES string of the molecule is CCN1CCCC1CN(C)C(=O)NC1CCCCC1. The molecular weight excluding hydrogens is 238 g/mol. The maximum Gasteiger partial charge on any atom is 0.317 e. The predicted octanol–water partition coefficient (Wildman–Crippen LogP) is 2.44. The van der Waals surface area contributed by atoms with Gasteiger partial charge in [0.15, 0.2) is 0 Å². The predicted molar refractivity (Wildman–Crippen MR) is 78.3 cm³/mol. The van der Waals surface area contributed by atoms with E-state index in [0.29, 0.717) is 12.1 Å². The normalized spacial score (nSPS) is 25.5. The maximum absolute atomic E-state index is 12.2. The van der Waals surface area contributed by atoms with Crippen molar-refractivity contribution in [1.29, 1.82) is 0 Å². The van der Waals surface area contributed by atoms with E-state index in [9.17, 15) is 4.79 Å². The van der Waals surface area contributed by atoms with Crippen LogP contribution in [0.15, 0.2) is 0 Å². The number of likely N-dealkylation sites (tertiary alicyclic amines) is 1. The van der Waals surface area contributed by atoms with Crippen molar-refractivity contribution < 1.29 is 4.79 Å². The molecule has 1 aliphatic heterocycles. The maximum atomic E-state index is 12.2. The Kier molecular flexibility index (Phi) is 5.49. The zero-order chi connectivity index (χ0) is 13.7. The van der Waals surface area contributed by atoms with Crippen LogP contribution in [0.4, 0.5) is 4.79 Å². The molecular formula is C15H29N3O. The van der Waals surface area contributed by atoms with Crippen LogP contribution >= 0.6 is 0 Å². The van der Waals surface area contributed by atoms with Gasteiger partial charge in [0, 0.05) is 25.7 Å². The fraction of sp³-hybridized carbons (Fsp3) is 0.933. The lowest BCUT2D eigenvalue weighted by Gasteiger charge is -2.30. The molecule has 1 saturated carbocycles. The van der Waals surface area contributed by atoms with Crippen molar-refractivity contribution in [3.63, 3.8) is 0 Å². The molecule has 4 heteroatoms. The monoisotopic (exact) mass is 267 g/mol. The molecule has 4 nitrogen and oxygen atoms in total. The molecule has 0 aromatic heterocycles. The average Bonchev–Trinajstić information content (AvgIpc) is 2.87. The Bertz CT molecular complexity index is 289. The standard InChI is InChI=1S/C15H29N3O/c1-3-18-11-7-10-14(18)12-17(2)15(19)16-13-8-5-4-6-9-13/h13-14H,3-12H2,1-2H3,(H,16,19). The second-order valence-electron chi connectivity index (χ2n) is 6.09. The van der Waals surface area contributed by atoms with Crippen LogP contribution in [0, 0.1) is 0 Å². The molecule has 2 aliphatic rings. The highest BCUT2D eigenvalue weighted by atomic mass is 16.2. The average molecular weight is 267 g/mol. The zero-order valence-electron chi connectivity index (χ0n) is 12.5. The summed E-state index contributed by atoms with van der Waals surface area (Å²) in [5, 5.41) is 3.19. The number of urea groups is 1. The van der Waals surface area contributed by atoms with Crippen LogP contribution < -0.4 is 5.32 Å². The molecule has 0 radical (unpaired) electrons. The van der Waals surface area contributed by atoms with Crippen LogP contribution in [0.1, 0.15) is 51.9 Å². The highest BCUT2D eigenvalue weighted by molar-refractivity contribution is 5.74. The highest BCUT2D eigenvalue weighted by Gasteiger charge is 2.26. The van der Waals surface area contributed by atoms with Crippen molar-refractivity contribution in [2.24, 2.45) is 0 Å². The second kappa shape index (κ2) is 7.13. The lowest BCUT2D eigenvalue weighted by molar-refractivity contribution is 0.176. The van der Waals surface area contributed by atoms with Gasteiger partial charge in [0.25, 0.3) is 0 Å². The quantitative estimate of drug-likeness (QED) is 0.849. The number of likely N-dealkylation sites (N-methyl/N-ethyl adjacent to an activating group) is 2. The molecule has 0 bridgehead atoms. The number of carbonyl (C=O) groups excluding carboxylic acids is 1. The minimum Gasteiger partial charge on any atom is -0.335 e. The third-order valence-electron chi connectivity index (χ3n) is 4.67. The van der Waals surface area contributed by atoms with Gasteiger partial charge in [0.05, 0.1) is 0 Å². The van der Waals surface area contributed by atoms with Crippen molar-refractivity contribution >= 4 is 6.03 Å². The summed E-state index contributed by atoms with van der Waals surface area (Å²) >= 11 is 0. The first kappa shape index (κ1) is 14.6. The summed E-state index contributed by atoms with van der Waals surface area (Å²) in [5.74, 6) is 0. The summed E-state index contributed by atoms with van der Waals surface area (Å²) in [6, 6.07) is 1.09. The van der Waals surface area contributed by atoms with Crippen LogP contribution in [0.2, 0.25) is 0 Å². The van der Waals surface area contributed by atoms with Gasteiger partial charge in [-0.3, -0.25) is 4.90 Å². The van der Waals surface area contributed by atoms with E-state index in [1.165, 1.54) is 38.6 Å². The van der Waals surface area contributed by atoms with E-state index < -0.39 is 0 Å². The molecule has 2 fully saturated rings. The van der Waals surface area contributed by atoms with Crippen LogP contribution in [-0.2, 0) is 0 Å². The molecule has 1 heterocycles. The largest absolute Gasteiger partial charge is 0.335 e. The van der Waals surface area contributed by atoms with Crippen molar-refractivity contribution in [2.45, 2.75) is 64.0 Å². The Morgan fingerprint density at radius 3 is 2.63 bits per heavy atom. The van der Waals surface area contributed by atoms with E-state index in [1.54, 1.807) is 0 Å². The number of nitrogens with zero attached hydrogens (tertiary/aromatic N) is 2. The summed E-state index contributed by atoms with van der Waals surface area (Å²) < 4.78 is 0. The number of hydrogen-bond donors (Lipinski definition) is 1. The third-order valence-corrected chi connectivity index (χ3v) is 4.67. The van der Waals surface area contributed by atoms with Gasteiger partial charge < -0.3 is 10.2 Å². The smallest absolute Gasteiger partial charge is 0.317 e. The number of hydrogen-bond acceptors (Lipinski definition) is 2. The topological polar surface area (TPSA) is 35.6 Å². The summed E-state index contributed by atoms with van der Waals surface area (Å²) in [5.41, 5.74) is 0. The molecule has 2 rings (SSSR count). The van der Waals surface area contributed by atoms with E-state index in [0.717, 1.165) is 25.9 Å². The van der Waals surface area contributed by atoms with Crippen LogP contribution in [0.3, 0.4) is 0 Å². The Morgan fingerprint density at radius 1 is 1.21 bits per heavy atom. The van der Waals surface area contributed by atoms with E-state index in [1.807, 2.05) is 11.9 Å². The lowest BCUT2D eigenvalue weighted by atomic mass is 9.96. The molecule has 2 amide bonds. The summed E-state index contributed by atoms with van der Waals surface area (Å²) in [6.45, 7) is 5.37. The summed E-state index contributed by atoms with van der Waals surface area (Å²) in [7, 11) is 1.93. The van der Waals surface area contributed by atoms with Crippen molar-refractivity contribution in [1.82, 2.24) is 15.1 Å². The Labute approximate surface area is 117 Å². The Balaban J connectivity index is 1.75. The van der Waals surface area contributed by atoms with Gasteiger partial charge in [-0.25, -0.2) is 4.79 Å². The van der Waals surface area contributed by atoms with Crippen LogP contribution in [-0.4, -0.2) is 54.6 Å². The fourth-order valence-corrected chi connectivity index (χ4v) is 3.45. The van der Waals surface area contributed by atoms with E-state index in [4.69, 9.17) is 0 Å². The number of amides is 2. The summed E-state index contributed by atoms with van der Waals surface area (Å²) in [6.07, 6.45) is 8.68. The van der Waals surface area contributed by atoms with E-state index in [-0.39, 0.29) is 6.03 Å². The van der Waals surface area contributed by atoms with Gasteiger partial charge in [-0.2, -0.15) is 0 Å². The molecule has 0 aromatic carbocycles. The molecule has 19 heavy (non-hydrogen) atoms. The molecule has 1 atom stereocenters. The van der Waals surface area contributed by atoms with E-state index >= 15 is 0 Å². The number of rotatable bonds is 4. The van der Waals surface area contributed by atoms with Crippen molar-refractivity contribution in [3.05, 3.63) is 0 Å². The van der Waals surface area contributed by atoms with Crippen LogP contribution in [0.5, 0.6) is 0 Å². The molecule has 0 aromatic rings. The molecule has 1 unspecified atom stereocenters. The van der Waals surface area contributed by atoms with Crippen molar-refractivity contribution in [3.8, 4) is 0 Å². The molecule has 1 N–H and O–H groups in total. The van der Waals surface area contributed by atoms with Crippen LogP contribution in [0.25, 0.3) is 0 Å². The van der Waals surface area contributed by atoms with Crippen molar-refractivity contribution in [2.75, 3.05) is 26.7 Å². The Hall–Kier alpha value is -0.770. The van der Waals surface area contributed by atoms with E-state index in [2.05, 4.69) is 17.1 Å². The first-order chi connectivity index (χ1) is 9.20. The second-order valence-corrected chi connectivity index (χ2v) is 6.09. The third kappa shape index (κ3) is 4.10. The van der Waals surface area contributed by atoms with Gasteiger partial charge in [-0.05, 0) is 38.8 Å². The highest BCUT2D eigenvalue weighted by Crippen LogP contribution is 2.19. The number of nitrogens with one attached hydrogen (secondary N) is 1. The molecule has 110 valence electrons. The zero-order valence-corrected chi connectivity index (χ0v) is 12.5. The molecule has 1 saturated heterocycles. The van der Waals surface area contributed by atoms with Gasteiger partial charge >= 0.3 is 6.03 Å². The first-order valence-electron chi connectivity index (χ1n) is 7.96. The summed E-state index contributed by atoms with van der Waals surface area (Å²) in [4.78, 5) is 16.6. The Morgan fingerprint density at radius 2 is 1.95 bits per heavy atom. The molecule has 1 aliphatic carbocycles. The van der Waals surface area contributed by atoms with Gasteiger partial charge in [-0.15, -0.1) is 0 Å². The molecule has 0 spiro atoms. The number of carbonyl (C=O) groups is 1. The lowest BCUT2D eigenvalue weighted by Crippen LogP contribution is -2.48. The van der Waals surface area contributed by atoms with Gasteiger partial charge in [0.1, 0.15) is 0 Å². The van der Waals surface area contributed by atoms with Gasteiger partial charge in [-0.1, -0.05) is 26.2 Å². The fourth-order valence-electron chi connectivity index (χ4n) is 3.45. The minimum absolute atomic E-state index is 0.120. The minimum atomic E-state index is 0.120. The van der Waals surface area contributed by atoms with Gasteiger partial charge in [0.2, 0.25) is 0 Å². The first-order valence-corrected chi connectivity index (χ1v) is 7.96.